The van der Waals surface area contributed by atoms with E-state index >= 15 is 0 Å². The minimum atomic E-state index is -4.42. The molecule has 0 aromatic carbocycles. The van der Waals surface area contributed by atoms with Gasteiger partial charge < -0.3 is 9.57 Å². The van der Waals surface area contributed by atoms with Gasteiger partial charge in [0.1, 0.15) is 6.61 Å². The Morgan fingerprint density at radius 2 is 1.94 bits per heavy atom. The molecule has 0 N–H and O–H groups in total. The highest BCUT2D eigenvalue weighted by Gasteiger charge is 2.38. The number of oxime groups is 1. The Morgan fingerprint density at radius 3 is 2.44 bits per heavy atom. The SMILES string of the molecule is CC(C)/C(=N/OCCN1CCOCC1)C(F)(F)F. The lowest BCUT2D eigenvalue weighted by atomic mass is 10.1. The van der Waals surface area contributed by atoms with Gasteiger partial charge in [-0.05, 0) is 0 Å². The van der Waals surface area contributed by atoms with Crippen molar-refractivity contribution in [3.05, 3.63) is 0 Å². The number of alkyl halides is 3. The number of hydrogen-bond acceptors (Lipinski definition) is 4. The van der Waals surface area contributed by atoms with Crippen LogP contribution in [0.2, 0.25) is 0 Å². The zero-order valence-electron chi connectivity index (χ0n) is 10.7. The van der Waals surface area contributed by atoms with Gasteiger partial charge in [-0.15, -0.1) is 0 Å². The van der Waals surface area contributed by atoms with Gasteiger partial charge in [-0.2, -0.15) is 13.2 Å². The van der Waals surface area contributed by atoms with E-state index in [9.17, 15) is 13.2 Å². The highest BCUT2D eigenvalue weighted by atomic mass is 19.4. The van der Waals surface area contributed by atoms with E-state index in [1.165, 1.54) is 13.8 Å². The largest absolute Gasteiger partial charge is 0.432 e. The summed E-state index contributed by atoms with van der Waals surface area (Å²) in [6, 6.07) is 0. The van der Waals surface area contributed by atoms with Crippen molar-refractivity contribution in [1.82, 2.24) is 4.90 Å². The van der Waals surface area contributed by atoms with Gasteiger partial charge in [-0.25, -0.2) is 0 Å². The molecule has 4 nitrogen and oxygen atoms in total. The van der Waals surface area contributed by atoms with Crippen LogP contribution in [-0.2, 0) is 9.57 Å². The van der Waals surface area contributed by atoms with Crippen molar-refractivity contribution in [2.45, 2.75) is 20.0 Å². The molecule has 1 aliphatic rings. The van der Waals surface area contributed by atoms with Gasteiger partial charge in [-0.1, -0.05) is 19.0 Å². The summed E-state index contributed by atoms with van der Waals surface area (Å²) in [6.07, 6.45) is -4.42. The Bertz CT molecular complexity index is 274. The predicted molar refractivity (Wildman–Crippen MR) is 61.5 cm³/mol. The highest BCUT2D eigenvalue weighted by molar-refractivity contribution is 5.90. The molecule has 0 saturated carbocycles. The Kier molecular flexibility index (Phi) is 5.87. The van der Waals surface area contributed by atoms with Gasteiger partial charge in [0.25, 0.3) is 0 Å². The molecule has 106 valence electrons. The molecule has 0 atom stereocenters. The van der Waals surface area contributed by atoms with E-state index < -0.39 is 17.8 Å². The minimum Gasteiger partial charge on any atom is -0.394 e. The van der Waals surface area contributed by atoms with Crippen LogP contribution in [0.1, 0.15) is 13.8 Å². The molecule has 0 aliphatic carbocycles. The second kappa shape index (κ2) is 6.94. The maximum Gasteiger partial charge on any atom is 0.432 e. The van der Waals surface area contributed by atoms with Crippen molar-refractivity contribution < 1.29 is 22.7 Å². The van der Waals surface area contributed by atoms with E-state index in [4.69, 9.17) is 9.57 Å². The maximum atomic E-state index is 12.5. The Labute approximate surface area is 105 Å². The lowest BCUT2D eigenvalue weighted by molar-refractivity contribution is -0.0664. The third kappa shape index (κ3) is 5.22. The van der Waals surface area contributed by atoms with Gasteiger partial charge in [-0.3, -0.25) is 4.90 Å². The van der Waals surface area contributed by atoms with E-state index in [0.717, 1.165) is 13.1 Å². The molecule has 1 saturated heterocycles. The normalized spacial score (nSPS) is 19.3. The molecule has 0 unspecified atom stereocenters. The van der Waals surface area contributed by atoms with Crippen molar-refractivity contribution in [3.8, 4) is 0 Å². The van der Waals surface area contributed by atoms with Crippen LogP contribution in [0.15, 0.2) is 5.16 Å². The third-order valence-corrected chi connectivity index (χ3v) is 2.60. The lowest BCUT2D eigenvalue weighted by Gasteiger charge is -2.25. The van der Waals surface area contributed by atoms with Crippen LogP contribution in [0.3, 0.4) is 0 Å². The molecule has 18 heavy (non-hydrogen) atoms. The van der Waals surface area contributed by atoms with Gasteiger partial charge in [0.05, 0.1) is 13.2 Å². The van der Waals surface area contributed by atoms with Gasteiger partial charge in [0, 0.05) is 25.6 Å². The highest BCUT2D eigenvalue weighted by Crippen LogP contribution is 2.22. The Morgan fingerprint density at radius 1 is 1.33 bits per heavy atom. The number of nitrogens with zero attached hydrogens (tertiary/aromatic N) is 2. The van der Waals surface area contributed by atoms with Crippen molar-refractivity contribution >= 4 is 5.71 Å². The molecule has 0 radical (unpaired) electrons. The average molecular weight is 268 g/mol. The second-order valence-corrected chi connectivity index (χ2v) is 4.42. The van der Waals surface area contributed by atoms with E-state index in [-0.39, 0.29) is 6.61 Å². The summed E-state index contributed by atoms with van der Waals surface area (Å²) in [4.78, 5) is 6.84. The van der Waals surface area contributed by atoms with Crippen LogP contribution in [0.5, 0.6) is 0 Å². The molecule has 1 heterocycles. The van der Waals surface area contributed by atoms with Crippen molar-refractivity contribution in [1.29, 1.82) is 0 Å². The molecule has 1 aliphatic heterocycles. The summed E-state index contributed by atoms with van der Waals surface area (Å²) in [5, 5.41) is 3.21. The standard InChI is InChI=1S/C11H19F3N2O2/c1-9(2)10(11(12,13)14)15-18-8-5-16-3-6-17-7-4-16/h9H,3-8H2,1-2H3/b15-10-. The molecule has 1 fully saturated rings. The number of ether oxygens (including phenoxy) is 1. The summed E-state index contributed by atoms with van der Waals surface area (Å²) >= 11 is 0. The summed E-state index contributed by atoms with van der Waals surface area (Å²) < 4.78 is 42.7. The molecule has 7 heteroatoms. The zero-order valence-corrected chi connectivity index (χ0v) is 10.7. The van der Waals surface area contributed by atoms with Crippen LogP contribution in [0.25, 0.3) is 0 Å². The van der Waals surface area contributed by atoms with Crippen LogP contribution in [0, 0.1) is 5.92 Å². The monoisotopic (exact) mass is 268 g/mol. The summed E-state index contributed by atoms with van der Waals surface area (Å²) in [5.74, 6) is -0.701. The Balaban J connectivity index is 2.32. The van der Waals surface area contributed by atoms with Gasteiger partial charge >= 0.3 is 6.18 Å². The predicted octanol–water partition coefficient (Wildman–Crippen LogP) is 1.91. The summed E-state index contributed by atoms with van der Waals surface area (Å²) in [5.41, 5.74) is -0.871. The van der Waals surface area contributed by atoms with E-state index in [0.29, 0.717) is 19.8 Å². The van der Waals surface area contributed by atoms with Crippen molar-refractivity contribution in [3.63, 3.8) is 0 Å². The fourth-order valence-electron chi connectivity index (χ4n) is 1.59. The van der Waals surface area contributed by atoms with Crippen LogP contribution in [0.4, 0.5) is 13.2 Å². The topological polar surface area (TPSA) is 34.1 Å². The molecule has 0 aromatic rings. The smallest absolute Gasteiger partial charge is 0.394 e. The van der Waals surface area contributed by atoms with Crippen molar-refractivity contribution in [2.75, 3.05) is 39.5 Å². The lowest BCUT2D eigenvalue weighted by Crippen LogP contribution is -2.38. The van der Waals surface area contributed by atoms with E-state index in [1.807, 2.05) is 0 Å². The second-order valence-electron chi connectivity index (χ2n) is 4.42. The molecular weight excluding hydrogens is 249 g/mol. The molecule has 1 rings (SSSR count). The van der Waals surface area contributed by atoms with Crippen LogP contribution >= 0.6 is 0 Å². The average Bonchev–Trinajstić information content (AvgIpc) is 2.27. The van der Waals surface area contributed by atoms with Gasteiger partial charge in [0.15, 0.2) is 5.71 Å². The first kappa shape index (κ1) is 15.2. The quantitative estimate of drug-likeness (QED) is 0.434. The van der Waals surface area contributed by atoms with Crippen molar-refractivity contribution in [2.24, 2.45) is 11.1 Å². The maximum absolute atomic E-state index is 12.5. The third-order valence-electron chi connectivity index (χ3n) is 2.60. The first-order chi connectivity index (χ1) is 8.41. The van der Waals surface area contributed by atoms with Gasteiger partial charge in [0.2, 0.25) is 0 Å². The molecule has 0 spiro atoms. The molecule has 0 aromatic heterocycles. The summed E-state index contributed by atoms with van der Waals surface area (Å²) in [6.45, 7) is 6.48. The fourth-order valence-corrected chi connectivity index (χ4v) is 1.59. The van der Waals surface area contributed by atoms with E-state index in [2.05, 4.69) is 10.1 Å². The first-order valence-electron chi connectivity index (χ1n) is 5.98. The zero-order chi connectivity index (χ0) is 13.6. The molecule has 0 amide bonds. The fraction of sp³-hybridized carbons (Fsp3) is 0.909. The van der Waals surface area contributed by atoms with E-state index in [1.54, 1.807) is 0 Å². The number of morpholine rings is 1. The Hall–Kier alpha value is -0.820. The van der Waals surface area contributed by atoms with Crippen LogP contribution in [-0.4, -0.2) is 56.2 Å². The first-order valence-corrected chi connectivity index (χ1v) is 5.98. The number of hydrogen-bond donors (Lipinski definition) is 0. The number of rotatable bonds is 5. The van der Waals surface area contributed by atoms with Crippen LogP contribution < -0.4 is 0 Å². The molecule has 0 bridgehead atoms. The summed E-state index contributed by atoms with van der Waals surface area (Å²) in [7, 11) is 0. The minimum absolute atomic E-state index is 0.159. The molecular formula is C11H19F3N2O2. The number of halogens is 3.